The van der Waals surface area contributed by atoms with Crippen molar-refractivity contribution < 1.29 is 13.6 Å². The topological polar surface area (TPSA) is 59.3 Å². The Hall–Kier alpha value is -2.71. The van der Waals surface area contributed by atoms with Gasteiger partial charge in [0, 0.05) is 4.90 Å². The summed E-state index contributed by atoms with van der Waals surface area (Å²) in [6, 6.07) is 11.9. The molecule has 0 fully saturated rings. The average molecular weight is 421 g/mol. The number of halogens is 3. The molecule has 2 aromatic carbocycles. The van der Waals surface area contributed by atoms with E-state index in [0.29, 0.717) is 21.8 Å². The van der Waals surface area contributed by atoms with Crippen molar-refractivity contribution in [3.05, 3.63) is 76.6 Å². The van der Waals surface area contributed by atoms with Crippen molar-refractivity contribution in [1.82, 2.24) is 15.2 Å². The Kier molecular flexibility index (Phi) is 6.43. The summed E-state index contributed by atoms with van der Waals surface area (Å²) in [5.41, 5.74) is 4.08. The smallest absolute Gasteiger partial charge is 0.250 e. The van der Waals surface area contributed by atoms with E-state index in [4.69, 9.17) is 11.6 Å². The average Bonchev–Trinajstić information content (AvgIpc) is 2.96. The molecule has 144 valence electrons. The third kappa shape index (κ3) is 4.76. The maximum atomic E-state index is 13.5. The Balaban J connectivity index is 1.63. The molecule has 0 saturated heterocycles. The maximum Gasteiger partial charge on any atom is 0.250 e. The second-order valence-electron chi connectivity index (χ2n) is 5.69. The van der Waals surface area contributed by atoms with Crippen molar-refractivity contribution in [2.24, 2.45) is 5.10 Å². The van der Waals surface area contributed by atoms with Gasteiger partial charge in [-0.2, -0.15) is 10.2 Å². The molecule has 9 heteroatoms. The van der Waals surface area contributed by atoms with E-state index in [1.807, 2.05) is 0 Å². The Labute approximate surface area is 169 Å². The largest absolute Gasteiger partial charge is 0.272 e. The molecule has 0 aliphatic heterocycles. The van der Waals surface area contributed by atoms with Crippen molar-refractivity contribution in [1.29, 1.82) is 0 Å². The van der Waals surface area contributed by atoms with Crippen molar-refractivity contribution >= 4 is 35.5 Å². The number of thioether (sulfide) groups is 1. The number of carbonyl (C=O) groups excluding carboxylic acids is 1. The zero-order valence-electron chi connectivity index (χ0n) is 14.7. The summed E-state index contributed by atoms with van der Waals surface area (Å²) in [6.45, 7) is 1.74. The lowest BCUT2D eigenvalue weighted by Gasteiger charge is -2.03. The molecule has 1 amide bonds. The van der Waals surface area contributed by atoms with Crippen LogP contribution in [-0.2, 0) is 4.79 Å². The third-order valence-electron chi connectivity index (χ3n) is 3.70. The number of hydrazone groups is 1. The van der Waals surface area contributed by atoms with Crippen LogP contribution in [0.3, 0.4) is 0 Å². The monoisotopic (exact) mass is 420 g/mol. The number of nitrogens with zero attached hydrogens (tertiary/aromatic N) is 3. The lowest BCUT2D eigenvalue weighted by atomic mass is 10.3. The van der Waals surface area contributed by atoms with Crippen molar-refractivity contribution in [2.75, 3.05) is 5.75 Å². The van der Waals surface area contributed by atoms with Crippen LogP contribution in [0.15, 0.2) is 58.5 Å². The second-order valence-corrected chi connectivity index (χ2v) is 7.07. The molecule has 0 bridgehead atoms. The summed E-state index contributed by atoms with van der Waals surface area (Å²) in [4.78, 5) is 12.3. The molecule has 0 unspecified atom stereocenters. The number of hydrogen-bond acceptors (Lipinski definition) is 4. The molecule has 3 aromatic rings. The van der Waals surface area contributed by atoms with Gasteiger partial charge < -0.3 is 0 Å². The highest BCUT2D eigenvalue weighted by Gasteiger charge is 2.13. The van der Waals surface area contributed by atoms with Crippen LogP contribution in [0.1, 0.15) is 11.3 Å². The van der Waals surface area contributed by atoms with Crippen LogP contribution in [-0.4, -0.2) is 27.7 Å². The number of aromatic nitrogens is 2. The number of hydrogen-bond donors (Lipinski definition) is 1. The van der Waals surface area contributed by atoms with Gasteiger partial charge in [-0.1, -0.05) is 23.7 Å². The molecule has 0 spiro atoms. The van der Waals surface area contributed by atoms with Gasteiger partial charge >= 0.3 is 0 Å². The Morgan fingerprint density at radius 1 is 1.25 bits per heavy atom. The first-order valence-corrected chi connectivity index (χ1v) is 9.52. The Morgan fingerprint density at radius 2 is 1.96 bits per heavy atom. The zero-order chi connectivity index (χ0) is 20.1. The third-order valence-corrected chi connectivity index (χ3v) is 5.11. The first kappa shape index (κ1) is 20.0. The minimum atomic E-state index is -0.385. The molecule has 28 heavy (non-hydrogen) atoms. The molecule has 0 saturated carbocycles. The molecular formula is C19H15ClF2N4OS. The predicted molar refractivity (Wildman–Crippen MR) is 106 cm³/mol. The minimum absolute atomic E-state index is 0.0137. The Bertz CT molecular complexity index is 1020. The first-order chi connectivity index (χ1) is 13.5. The summed E-state index contributed by atoms with van der Waals surface area (Å²) < 4.78 is 28.1. The van der Waals surface area contributed by atoms with Crippen LogP contribution in [0, 0.1) is 18.6 Å². The summed E-state index contributed by atoms with van der Waals surface area (Å²) in [7, 11) is 0. The van der Waals surface area contributed by atoms with Crippen LogP contribution in [0.5, 0.6) is 0 Å². The SMILES string of the molecule is Cc1nn(-c2ccc(F)cc2)c(Cl)c1C=NNC(=O)CSc1ccccc1F. The molecule has 1 heterocycles. The first-order valence-electron chi connectivity index (χ1n) is 8.16. The standard InChI is InChI=1S/C19H15ClF2N4OS/c1-12-15(19(20)26(25-12)14-8-6-13(21)7-9-14)10-23-24-18(27)11-28-17-5-3-2-4-16(17)22/h2-10H,11H2,1H3,(H,24,27). The lowest BCUT2D eigenvalue weighted by molar-refractivity contribution is -0.118. The van der Waals surface area contributed by atoms with Gasteiger partial charge in [0.05, 0.1) is 28.9 Å². The fraction of sp³-hybridized carbons (Fsp3) is 0.105. The van der Waals surface area contributed by atoms with E-state index >= 15 is 0 Å². The van der Waals surface area contributed by atoms with E-state index < -0.39 is 0 Å². The number of aryl methyl sites for hydroxylation is 1. The van der Waals surface area contributed by atoms with Gasteiger partial charge in [0.25, 0.3) is 0 Å². The molecule has 1 aromatic heterocycles. The minimum Gasteiger partial charge on any atom is -0.272 e. The summed E-state index contributed by atoms with van der Waals surface area (Å²) in [5, 5.41) is 8.48. The van der Waals surface area contributed by atoms with E-state index in [1.54, 1.807) is 37.3 Å². The van der Waals surface area contributed by atoms with E-state index in [0.717, 1.165) is 11.8 Å². The fourth-order valence-corrected chi connectivity index (χ4v) is 3.37. The number of rotatable bonds is 6. The predicted octanol–water partition coefficient (Wildman–Crippen LogP) is 4.35. The number of carbonyl (C=O) groups is 1. The van der Waals surface area contributed by atoms with E-state index in [2.05, 4.69) is 15.6 Å². The molecule has 5 nitrogen and oxygen atoms in total. The fourth-order valence-electron chi connectivity index (χ4n) is 2.32. The van der Waals surface area contributed by atoms with E-state index in [1.165, 1.54) is 29.1 Å². The molecule has 0 aliphatic carbocycles. The van der Waals surface area contributed by atoms with Crippen molar-refractivity contribution in [3.63, 3.8) is 0 Å². The van der Waals surface area contributed by atoms with Gasteiger partial charge in [0.15, 0.2) is 0 Å². The highest BCUT2D eigenvalue weighted by atomic mass is 35.5. The quantitative estimate of drug-likeness (QED) is 0.366. The van der Waals surface area contributed by atoms with Crippen molar-refractivity contribution in [2.45, 2.75) is 11.8 Å². The Morgan fingerprint density at radius 3 is 2.68 bits per heavy atom. The molecule has 0 atom stereocenters. The highest BCUT2D eigenvalue weighted by Crippen LogP contribution is 2.22. The lowest BCUT2D eigenvalue weighted by Crippen LogP contribution is -2.19. The number of amides is 1. The van der Waals surface area contributed by atoms with Gasteiger partial charge in [-0.15, -0.1) is 11.8 Å². The number of nitrogens with one attached hydrogen (secondary N) is 1. The number of benzene rings is 2. The molecular weight excluding hydrogens is 406 g/mol. The molecule has 3 rings (SSSR count). The van der Waals surface area contributed by atoms with E-state index in [9.17, 15) is 13.6 Å². The normalized spacial score (nSPS) is 11.1. The van der Waals surface area contributed by atoms with Crippen LogP contribution >= 0.6 is 23.4 Å². The van der Waals surface area contributed by atoms with Crippen LogP contribution in [0.4, 0.5) is 8.78 Å². The van der Waals surface area contributed by atoms with Gasteiger partial charge in [-0.05, 0) is 43.3 Å². The molecule has 0 radical (unpaired) electrons. The van der Waals surface area contributed by atoms with Gasteiger partial charge in [-0.25, -0.2) is 18.9 Å². The van der Waals surface area contributed by atoms with Crippen LogP contribution in [0.2, 0.25) is 5.15 Å². The van der Waals surface area contributed by atoms with E-state index in [-0.39, 0.29) is 28.4 Å². The van der Waals surface area contributed by atoms with Gasteiger partial charge in [-0.3, -0.25) is 4.79 Å². The van der Waals surface area contributed by atoms with Crippen LogP contribution in [0.25, 0.3) is 5.69 Å². The maximum absolute atomic E-state index is 13.5. The van der Waals surface area contributed by atoms with Crippen LogP contribution < -0.4 is 5.43 Å². The summed E-state index contributed by atoms with van der Waals surface area (Å²) in [5.74, 6) is -1.11. The van der Waals surface area contributed by atoms with Gasteiger partial charge in [0.1, 0.15) is 16.8 Å². The second kappa shape index (κ2) is 8.99. The highest BCUT2D eigenvalue weighted by molar-refractivity contribution is 8.00. The zero-order valence-corrected chi connectivity index (χ0v) is 16.3. The van der Waals surface area contributed by atoms with Gasteiger partial charge in [0.2, 0.25) is 5.91 Å². The summed E-state index contributed by atoms with van der Waals surface area (Å²) in [6.07, 6.45) is 1.39. The molecule has 0 aliphatic rings. The molecule has 1 N–H and O–H groups in total. The summed E-state index contributed by atoms with van der Waals surface area (Å²) >= 11 is 7.41. The van der Waals surface area contributed by atoms with Crippen molar-refractivity contribution in [3.8, 4) is 5.69 Å².